The van der Waals surface area contributed by atoms with Gasteiger partial charge in [0.05, 0.1) is 0 Å². The number of carbonyl (C=O) groups excluding carboxylic acids is 2. The molecule has 3 rings (SSSR count). The first-order valence-electron chi connectivity index (χ1n) is 8.40. The molecule has 3 N–H and O–H groups in total. The normalized spacial score (nSPS) is 11.7. The van der Waals surface area contributed by atoms with Crippen molar-refractivity contribution in [2.45, 2.75) is 13.0 Å². The quantitative estimate of drug-likeness (QED) is 0.364. The third kappa shape index (κ3) is 4.26. The lowest BCUT2D eigenvalue weighted by atomic mass is 9.95. The van der Waals surface area contributed by atoms with Crippen LogP contribution in [0.5, 0.6) is 0 Å². The van der Waals surface area contributed by atoms with Gasteiger partial charge in [0.2, 0.25) is 5.91 Å². The van der Waals surface area contributed by atoms with Crippen LogP contribution < -0.4 is 10.8 Å². The Morgan fingerprint density at radius 2 is 1.50 bits per heavy atom. The summed E-state index contributed by atoms with van der Waals surface area (Å²) in [4.78, 5) is 24.5. The molecule has 3 aromatic carbocycles. The second kappa shape index (κ2) is 8.27. The van der Waals surface area contributed by atoms with Crippen LogP contribution in [0.4, 0.5) is 0 Å². The van der Waals surface area contributed by atoms with Gasteiger partial charge in [-0.2, -0.15) is 0 Å². The largest absolute Gasteiger partial charge is 0.351 e. The maximum Gasteiger partial charge on any atom is 0.256 e. The van der Waals surface area contributed by atoms with Crippen LogP contribution >= 0.6 is 0 Å². The highest BCUT2D eigenvalue weighted by atomic mass is 16.5. The van der Waals surface area contributed by atoms with Crippen molar-refractivity contribution in [3.05, 3.63) is 83.9 Å². The fourth-order valence-corrected chi connectivity index (χ4v) is 2.89. The van der Waals surface area contributed by atoms with Crippen molar-refractivity contribution in [2.24, 2.45) is 5.92 Å². The molecule has 5 heteroatoms. The first-order chi connectivity index (χ1) is 12.7. The van der Waals surface area contributed by atoms with Crippen molar-refractivity contribution in [3.63, 3.8) is 0 Å². The third-order valence-corrected chi connectivity index (χ3v) is 4.31. The van der Waals surface area contributed by atoms with Gasteiger partial charge in [0.25, 0.3) is 5.91 Å². The van der Waals surface area contributed by atoms with Crippen molar-refractivity contribution < 1.29 is 14.8 Å². The van der Waals surface area contributed by atoms with Gasteiger partial charge in [0.1, 0.15) is 5.92 Å². The molecular weight excluding hydrogens is 328 g/mol. The number of rotatable bonds is 6. The van der Waals surface area contributed by atoms with E-state index in [1.807, 2.05) is 72.8 Å². The third-order valence-electron chi connectivity index (χ3n) is 4.31. The lowest BCUT2D eigenvalue weighted by Crippen LogP contribution is -2.41. The van der Waals surface area contributed by atoms with E-state index in [0.29, 0.717) is 6.54 Å². The number of benzene rings is 3. The van der Waals surface area contributed by atoms with Crippen LogP contribution in [-0.2, 0) is 22.6 Å². The Morgan fingerprint density at radius 3 is 2.23 bits per heavy atom. The highest BCUT2D eigenvalue weighted by molar-refractivity contribution is 6.00. The van der Waals surface area contributed by atoms with Gasteiger partial charge in [-0.05, 0) is 28.3 Å². The van der Waals surface area contributed by atoms with Gasteiger partial charge in [-0.25, -0.2) is 5.48 Å². The van der Waals surface area contributed by atoms with E-state index in [2.05, 4.69) is 5.32 Å². The van der Waals surface area contributed by atoms with E-state index in [-0.39, 0.29) is 6.42 Å². The summed E-state index contributed by atoms with van der Waals surface area (Å²) in [6.07, 6.45) is 0.206. The van der Waals surface area contributed by atoms with E-state index in [9.17, 15) is 9.59 Å². The first-order valence-corrected chi connectivity index (χ1v) is 8.40. The fourth-order valence-electron chi connectivity index (χ4n) is 2.89. The molecule has 0 saturated heterocycles. The monoisotopic (exact) mass is 348 g/mol. The van der Waals surface area contributed by atoms with Crippen molar-refractivity contribution in [1.82, 2.24) is 10.8 Å². The second-order valence-corrected chi connectivity index (χ2v) is 6.12. The van der Waals surface area contributed by atoms with E-state index < -0.39 is 17.7 Å². The van der Waals surface area contributed by atoms with Gasteiger partial charge in [-0.1, -0.05) is 72.8 Å². The van der Waals surface area contributed by atoms with Gasteiger partial charge in [-0.15, -0.1) is 0 Å². The lowest BCUT2D eigenvalue weighted by molar-refractivity contribution is -0.140. The van der Waals surface area contributed by atoms with E-state index in [1.54, 1.807) is 5.48 Å². The van der Waals surface area contributed by atoms with Gasteiger partial charge < -0.3 is 5.32 Å². The summed E-state index contributed by atoms with van der Waals surface area (Å²) in [5.41, 5.74) is 3.40. The Balaban J connectivity index is 1.74. The number of nitrogens with one attached hydrogen (secondary N) is 2. The molecule has 0 aromatic heterocycles. The summed E-state index contributed by atoms with van der Waals surface area (Å²) in [5.74, 6) is -2.15. The molecule has 0 aliphatic carbocycles. The molecule has 0 radical (unpaired) electrons. The van der Waals surface area contributed by atoms with Crippen LogP contribution in [0.25, 0.3) is 10.8 Å². The predicted molar refractivity (Wildman–Crippen MR) is 99.4 cm³/mol. The molecule has 0 spiro atoms. The van der Waals surface area contributed by atoms with Crippen molar-refractivity contribution in [3.8, 4) is 0 Å². The van der Waals surface area contributed by atoms with E-state index in [4.69, 9.17) is 5.21 Å². The van der Waals surface area contributed by atoms with Crippen LogP contribution in [0.1, 0.15) is 11.1 Å². The number of amides is 2. The Kier molecular flexibility index (Phi) is 5.61. The number of hydrogen-bond donors (Lipinski definition) is 3. The van der Waals surface area contributed by atoms with Gasteiger partial charge in [0.15, 0.2) is 0 Å². The average Bonchev–Trinajstić information content (AvgIpc) is 2.70. The molecule has 0 bridgehead atoms. The molecule has 1 atom stereocenters. The van der Waals surface area contributed by atoms with Crippen LogP contribution in [0.3, 0.4) is 0 Å². The Bertz CT molecular complexity index is 909. The zero-order chi connectivity index (χ0) is 18.4. The standard InChI is InChI=1S/C21H20N2O3/c24-20(22-14-15-6-2-1-3-7-15)19(21(25)23-26)13-16-10-11-17-8-4-5-9-18(17)12-16/h1-12,19,26H,13-14H2,(H,22,24)(H,23,25). The highest BCUT2D eigenvalue weighted by Gasteiger charge is 2.26. The molecule has 0 heterocycles. The fraction of sp³-hybridized carbons (Fsp3) is 0.143. The molecule has 0 aliphatic rings. The highest BCUT2D eigenvalue weighted by Crippen LogP contribution is 2.18. The van der Waals surface area contributed by atoms with Crippen LogP contribution in [0, 0.1) is 5.92 Å². The zero-order valence-electron chi connectivity index (χ0n) is 14.2. The molecule has 132 valence electrons. The average molecular weight is 348 g/mol. The van der Waals surface area contributed by atoms with Gasteiger partial charge in [-0.3, -0.25) is 14.8 Å². The lowest BCUT2D eigenvalue weighted by Gasteiger charge is -2.15. The van der Waals surface area contributed by atoms with Crippen LogP contribution in [-0.4, -0.2) is 17.0 Å². The Morgan fingerprint density at radius 1 is 0.808 bits per heavy atom. The van der Waals surface area contributed by atoms with Crippen molar-refractivity contribution >= 4 is 22.6 Å². The number of hydroxylamine groups is 1. The molecule has 0 saturated carbocycles. The van der Waals surface area contributed by atoms with E-state index >= 15 is 0 Å². The molecule has 0 aliphatic heterocycles. The number of carbonyl (C=O) groups is 2. The van der Waals surface area contributed by atoms with Crippen molar-refractivity contribution in [1.29, 1.82) is 0 Å². The van der Waals surface area contributed by atoms with E-state index in [1.165, 1.54) is 0 Å². The molecule has 26 heavy (non-hydrogen) atoms. The summed E-state index contributed by atoms with van der Waals surface area (Å²) in [6, 6.07) is 23.1. The molecule has 5 nitrogen and oxygen atoms in total. The topological polar surface area (TPSA) is 78.4 Å². The SMILES string of the molecule is O=C(NO)C(Cc1ccc2ccccc2c1)C(=O)NCc1ccccc1. The summed E-state index contributed by atoms with van der Waals surface area (Å²) in [5, 5.41) is 13.9. The predicted octanol–water partition coefficient (Wildman–Crippen LogP) is 2.82. The van der Waals surface area contributed by atoms with Gasteiger partial charge >= 0.3 is 0 Å². The summed E-state index contributed by atoms with van der Waals surface area (Å²) in [7, 11) is 0. The minimum atomic E-state index is -1.01. The second-order valence-electron chi connectivity index (χ2n) is 6.12. The summed E-state index contributed by atoms with van der Waals surface area (Å²) < 4.78 is 0. The van der Waals surface area contributed by atoms with Crippen LogP contribution in [0.15, 0.2) is 72.8 Å². The molecule has 3 aromatic rings. The molecule has 0 fully saturated rings. The van der Waals surface area contributed by atoms with Crippen molar-refractivity contribution in [2.75, 3.05) is 0 Å². The summed E-state index contributed by atoms with van der Waals surface area (Å²) >= 11 is 0. The number of fused-ring (bicyclic) bond motifs is 1. The maximum atomic E-state index is 12.5. The number of hydrogen-bond acceptors (Lipinski definition) is 3. The zero-order valence-corrected chi connectivity index (χ0v) is 14.2. The molecule has 2 amide bonds. The Labute approximate surface area is 151 Å². The van der Waals surface area contributed by atoms with E-state index in [0.717, 1.165) is 21.9 Å². The summed E-state index contributed by atoms with van der Waals surface area (Å²) in [6.45, 7) is 0.326. The van der Waals surface area contributed by atoms with Gasteiger partial charge in [0, 0.05) is 6.54 Å². The minimum absolute atomic E-state index is 0.206. The maximum absolute atomic E-state index is 12.5. The molecule has 1 unspecified atom stereocenters. The molecular formula is C21H20N2O3. The minimum Gasteiger partial charge on any atom is -0.351 e. The first kappa shape index (κ1) is 17.6. The van der Waals surface area contributed by atoms with Crippen LogP contribution in [0.2, 0.25) is 0 Å². The smallest absolute Gasteiger partial charge is 0.256 e. The Hall–Kier alpha value is -3.18.